The Labute approximate surface area is 69.4 Å². The minimum absolute atomic E-state index is 0. The van der Waals surface area contributed by atoms with E-state index in [1.165, 1.54) is 12.8 Å². The molecular weight excluding hydrogens is 152 g/mol. The van der Waals surface area contributed by atoms with Gasteiger partial charge in [-0.3, -0.25) is 4.79 Å². The van der Waals surface area contributed by atoms with Crippen LogP contribution >= 0.6 is 12.4 Å². The van der Waals surface area contributed by atoms with Crippen LogP contribution < -0.4 is 0 Å². The van der Waals surface area contributed by atoms with Crippen LogP contribution in [0, 0.1) is 0 Å². The third kappa shape index (κ3) is 46.6. The quantitative estimate of drug-likeness (QED) is 0.605. The number of hydrogen-bond donors (Lipinski definition) is 0. The van der Waals surface area contributed by atoms with Gasteiger partial charge in [-0.1, -0.05) is 26.7 Å². The fraction of sp³-hybridized carbons (Fsp3) is 0.857. The number of carbonyl (C=O) groups excluding carboxylic acids is 1. The topological polar surface area (TPSA) is 26.3 Å². The van der Waals surface area contributed by atoms with Gasteiger partial charge in [0.25, 0.3) is 6.47 Å². The molecule has 0 aromatic heterocycles. The Bertz CT molecular complexity index is 46.9. The van der Waals surface area contributed by atoms with Crippen LogP contribution in [0.1, 0.15) is 33.6 Å². The van der Waals surface area contributed by atoms with Crippen LogP contribution in [-0.2, 0) is 9.53 Å². The molecule has 0 radical (unpaired) electrons. The SMILES string of the molecule is CCCC.CCOC=O.Cl. The van der Waals surface area contributed by atoms with Crippen LogP contribution in [0.15, 0.2) is 0 Å². The molecule has 0 amide bonds. The van der Waals surface area contributed by atoms with Crippen molar-refractivity contribution in [3.05, 3.63) is 0 Å². The fourth-order valence-corrected chi connectivity index (χ4v) is 0.0680. The summed E-state index contributed by atoms with van der Waals surface area (Å²) in [5.74, 6) is 0. The van der Waals surface area contributed by atoms with Gasteiger partial charge in [0.05, 0.1) is 6.61 Å². The van der Waals surface area contributed by atoms with Crippen molar-refractivity contribution < 1.29 is 9.53 Å². The minimum Gasteiger partial charge on any atom is -0.468 e. The van der Waals surface area contributed by atoms with E-state index >= 15 is 0 Å². The molecule has 0 aromatic carbocycles. The van der Waals surface area contributed by atoms with Crippen LogP contribution in [0.3, 0.4) is 0 Å². The Morgan fingerprint density at radius 1 is 1.20 bits per heavy atom. The Hall–Kier alpha value is -0.240. The van der Waals surface area contributed by atoms with Gasteiger partial charge in [0, 0.05) is 0 Å². The average Bonchev–Trinajstić information content (AvgIpc) is 1.91. The third-order valence-corrected chi connectivity index (χ3v) is 0.735. The summed E-state index contributed by atoms with van der Waals surface area (Å²) in [6.45, 7) is 7.03. The predicted molar refractivity (Wildman–Crippen MR) is 45.5 cm³/mol. The van der Waals surface area contributed by atoms with E-state index in [2.05, 4.69) is 18.6 Å². The maximum atomic E-state index is 9.18. The van der Waals surface area contributed by atoms with Crippen molar-refractivity contribution in [1.29, 1.82) is 0 Å². The molecule has 3 heteroatoms. The van der Waals surface area contributed by atoms with Crippen molar-refractivity contribution in [3.63, 3.8) is 0 Å². The van der Waals surface area contributed by atoms with Crippen LogP contribution in [0.2, 0.25) is 0 Å². The summed E-state index contributed by atoms with van der Waals surface area (Å²) in [7, 11) is 0. The van der Waals surface area contributed by atoms with Gasteiger partial charge < -0.3 is 4.74 Å². The number of carbonyl (C=O) groups is 1. The van der Waals surface area contributed by atoms with Crippen molar-refractivity contribution in [2.45, 2.75) is 33.6 Å². The first kappa shape index (κ1) is 16.4. The Kier molecular flexibility index (Phi) is 38.2. The second-order valence-corrected chi connectivity index (χ2v) is 1.55. The minimum atomic E-state index is 0. The Morgan fingerprint density at radius 3 is 1.60 bits per heavy atom. The van der Waals surface area contributed by atoms with E-state index in [0.29, 0.717) is 13.1 Å². The molecule has 2 nitrogen and oxygen atoms in total. The maximum Gasteiger partial charge on any atom is 0.293 e. The predicted octanol–water partition coefficient (Wildman–Crippen LogP) is 2.41. The molecule has 0 fully saturated rings. The number of unbranched alkanes of at least 4 members (excludes halogenated alkanes) is 1. The number of rotatable bonds is 3. The zero-order chi connectivity index (χ0) is 7.54. The zero-order valence-corrected chi connectivity index (χ0v) is 7.74. The highest BCUT2D eigenvalue weighted by atomic mass is 35.5. The van der Waals surface area contributed by atoms with Crippen LogP contribution in [-0.4, -0.2) is 13.1 Å². The van der Waals surface area contributed by atoms with Gasteiger partial charge in [0.2, 0.25) is 0 Å². The van der Waals surface area contributed by atoms with Crippen molar-refractivity contribution in [2.24, 2.45) is 0 Å². The Balaban J connectivity index is -0.0000000910. The van der Waals surface area contributed by atoms with E-state index in [1.807, 2.05) is 0 Å². The van der Waals surface area contributed by atoms with Gasteiger partial charge in [-0.15, -0.1) is 12.4 Å². The lowest BCUT2D eigenvalue weighted by molar-refractivity contribution is -0.128. The van der Waals surface area contributed by atoms with Crippen molar-refractivity contribution >= 4 is 18.9 Å². The molecule has 0 N–H and O–H groups in total. The molecule has 10 heavy (non-hydrogen) atoms. The summed E-state index contributed by atoms with van der Waals surface area (Å²) in [5, 5.41) is 0. The van der Waals surface area contributed by atoms with E-state index in [4.69, 9.17) is 0 Å². The summed E-state index contributed by atoms with van der Waals surface area (Å²) in [6, 6.07) is 0. The van der Waals surface area contributed by atoms with E-state index in [9.17, 15) is 4.79 Å². The molecule has 0 bridgehead atoms. The zero-order valence-electron chi connectivity index (χ0n) is 6.92. The standard InChI is InChI=1S/C4H10.C3H6O2.ClH/c1-3-4-2;1-2-5-3-4;/h3-4H2,1-2H3;3H,2H2,1H3;1H. The highest BCUT2D eigenvalue weighted by molar-refractivity contribution is 5.85. The largest absolute Gasteiger partial charge is 0.468 e. The van der Waals surface area contributed by atoms with Gasteiger partial charge in [0.1, 0.15) is 0 Å². The maximum absolute atomic E-state index is 9.18. The normalized spacial score (nSPS) is 6.30. The molecular formula is C7H17ClO2. The molecule has 0 unspecified atom stereocenters. The molecule has 0 rings (SSSR count). The first-order valence-corrected chi connectivity index (χ1v) is 3.38. The molecule has 64 valence electrons. The monoisotopic (exact) mass is 168 g/mol. The van der Waals surface area contributed by atoms with Crippen molar-refractivity contribution in [1.82, 2.24) is 0 Å². The van der Waals surface area contributed by atoms with Gasteiger partial charge in [-0.25, -0.2) is 0 Å². The molecule has 0 aliphatic heterocycles. The summed E-state index contributed by atoms with van der Waals surface area (Å²) < 4.78 is 4.15. The van der Waals surface area contributed by atoms with Gasteiger partial charge in [-0.05, 0) is 6.92 Å². The molecule has 0 aromatic rings. The first-order valence-electron chi connectivity index (χ1n) is 3.38. The molecule has 0 aliphatic carbocycles. The van der Waals surface area contributed by atoms with E-state index < -0.39 is 0 Å². The average molecular weight is 169 g/mol. The molecule has 0 heterocycles. The van der Waals surface area contributed by atoms with E-state index in [-0.39, 0.29) is 12.4 Å². The molecule has 0 aliphatic rings. The van der Waals surface area contributed by atoms with Crippen LogP contribution in [0.4, 0.5) is 0 Å². The second-order valence-electron chi connectivity index (χ2n) is 1.55. The summed E-state index contributed by atoms with van der Waals surface area (Å²) in [6.07, 6.45) is 2.64. The molecule has 0 atom stereocenters. The van der Waals surface area contributed by atoms with Crippen molar-refractivity contribution in [3.8, 4) is 0 Å². The highest BCUT2D eigenvalue weighted by Crippen LogP contribution is 1.76. The number of hydrogen-bond acceptors (Lipinski definition) is 2. The van der Waals surface area contributed by atoms with Gasteiger partial charge >= 0.3 is 0 Å². The third-order valence-electron chi connectivity index (χ3n) is 0.735. The van der Waals surface area contributed by atoms with E-state index in [1.54, 1.807) is 6.92 Å². The lowest BCUT2D eigenvalue weighted by Gasteiger charge is -1.79. The fourth-order valence-electron chi connectivity index (χ4n) is 0.0680. The van der Waals surface area contributed by atoms with E-state index in [0.717, 1.165) is 0 Å². The smallest absolute Gasteiger partial charge is 0.293 e. The van der Waals surface area contributed by atoms with Crippen LogP contribution in [0.25, 0.3) is 0 Å². The molecule has 0 saturated heterocycles. The van der Waals surface area contributed by atoms with Crippen molar-refractivity contribution in [2.75, 3.05) is 6.61 Å². The van der Waals surface area contributed by atoms with Gasteiger partial charge in [0.15, 0.2) is 0 Å². The van der Waals surface area contributed by atoms with Crippen LogP contribution in [0.5, 0.6) is 0 Å². The number of halogens is 1. The molecule has 0 saturated carbocycles. The molecule has 0 spiro atoms. The lowest BCUT2D eigenvalue weighted by atomic mass is 10.4. The Morgan fingerprint density at radius 2 is 1.60 bits per heavy atom. The second kappa shape index (κ2) is 23.3. The summed E-state index contributed by atoms with van der Waals surface area (Å²) in [5.41, 5.74) is 0. The highest BCUT2D eigenvalue weighted by Gasteiger charge is 1.60. The first-order chi connectivity index (χ1) is 4.33. The van der Waals surface area contributed by atoms with Gasteiger partial charge in [-0.2, -0.15) is 0 Å². The lowest BCUT2D eigenvalue weighted by Crippen LogP contribution is -1.80. The summed E-state index contributed by atoms with van der Waals surface area (Å²) in [4.78, 5) is 9.18. The summed E-state index contributed by atoms with van der Waals surface area (Å²) >= 11 is 0. The number of ether oxygens (including phenoxy) is 1.